The van der Waals surface area contributed by atoms with Gasteiger partial charge in [0.1, 0.15) is 12.2 Å². The number of carbonyl (C=O) groups excluding carboxylic acids is 1. The maximum absolute atomic E-state index is 12.5. The van der Waals surface area contributed by atoms with Gasteiger partial charge in [-0.2, -0.15) is 5.10 Å². The summed E-state index contributed by atoms with van der Waals surface area (Å²) in [5, 5.41) is 4.96. The standard InChI is InChI=1S/C15H14N4O/c1-2-19-15(17-10-18-19)9-14(20)12-7-8-16-13-6-4-3-5-11(12)13/h3-8,10H,2,9H2,1H3. The molecular formula is C15H14N4O. The molecule has 0 atom stereocenters. The predicted molar refractivity (Wildman–Crippen MR) is 75.5 cm³/mol. The third-order valence-electron chi connectivity index (χ3n) is 3.26. The first-order valence-corrected chi connectivity index (χ1v) is 6.53. The van der Waals surface area contributed by atoms with Crippen molar-refractivity contribution in [2.45, 2.75) is 19.9 Å². The number of fused-ring (bicyclic) bond motifs is 1. The molecule has 3 rings (SSSR count). The molecule has 0 saturated carbocycles. The van der Waals surface area contributed by atoms with Gasteiger partial charge in [-0.1, -0.05) is 18.2 Å². The SMILES string of the molecule is CCn1ncnc1CC(=O)c1ccnc2ccccc12. The van der Waals surface area contributed by atoms with Gasteiger partial charge in [-0.3, -0.25) is 9.78 Å². The molecule has 5 nitrogen and oxygen atoms in total. The van der Waals surface area contributed by atoms with Crippen LogP contribution in [0, 0.1) is 0 Å². The Balaban J connectivity index is 1.97. The average Bonchev–Trinajstić information content (AvgIpc) is 2.93. The maximum Gasteiger partial charge on any atom is 0.171 e. The van der Waals surface area contributed by atoms with Crippen molar-refractivity contribution in [3.8, 4) is 0 Å². The smallest absolute Gasteiger partial charge is 0.171 e. The summed E-state index contributed by atoms with van der Waals surface area (Å²) in [5.41, 5.74) is 1.51. The highest BCUT2D eigenvalue weighted by Gasteiger charge is 2.14. The molecule has 0 saturated heterocycles. The minimum absolute atomic E-state index is 0.0336. The fraction of sp³-hybridized carbons (Fsp3) is 0.200. The van der Waals surface area contributed by atoms with Gasteiger partial charge in [0.25, 0.3) is 0 Å². The van der Waals surface area contributed by atoms with Crippen molar-refractivity contribution >= 4 is 16.7 Å². The van der Waals surface area contributed by atoms with E-state index in [4.69, 9.17) is 0 Å². The summed E-state index contributed by atoms with van der Waals surface area (Å²) in [5.74, 6) is 0.727. The summed E-state index contributed by atoms with van der Waals surface area (Å²) < 4.78 is 1.74. The number of ketones is 1. The van der Waals surface area contributed by atoms with Crippen LogP contribution in [0.15, 0.2) is 42.9 Å². The molecule has 0 aliphatic heterocycles. The van der Waals surface area contributed by atoms with Crippen LogP contribution in [-0.4, -0.2) is 25.5 Å². The lowest BCUT2D eigenvalue weighted by molar-refractivity contribution is 0.0991. The van der Waals surface area contributed by atoms with Gasteiger partial charge < -0.3 is 0 Å². The Bertz CT molecular complexity index is 758. The molecule has 1 aromatic carbocycles. The number of aryl methyl sites for hydroxylation is 1. The molecule has 0 unspecified atom stereocenters. The normalized spacial score (nSPS) is 10.8. The predicted octanol–water partition coefficient (Wildman–Crippen LogP) is 2.27. The highest BCUT2D eigenvalue weighted by atomic mass is 16.1. The Kier molecular flexibility index (Phi) is 3.25. The summed E-state index contributed by atoms with van der Waals surface area (Å²) >= 11 is 0. The minimum Gasteiger partial charge on any atom is -0.294 e. The molecule has 3 aromatic rings. The van der Waals surface area contributed by atoms with Gasteiger partial charge in [0.2, 0.25) is 0 Å². The molecule has 5 heteroatoms. The maximum atomic E-state index is 12.5. The van der Waals surface area contributed by atoms with Crippen molar-refractivity contribution in [1.82, 2.24) is 19.7 Å². The van der Waals surface area contributed by atoms with Crippen LogP contribution in [0.1, 0.15) is 23.1 Å². The number of Topliss-reactive ketones (excluding diaryl/α,β-unsaturated/α-hetero) is 1. The highest BCUT2D eigenvalue weighted by Crippen LogP contribution is 2.17. The van der Waals surface area contributed by atoms with Crippen LogP contribution in [-0.2, 0) is 13.0 Å². The zero-order valence-corrected chi connectivity index (χ0v) is 11.2. The number of aromatic nitrogens is 4. The molecule has 0 bridgehead atoms. The lowest BCUT2D eigenvalue weighted by Crippen LogP contribution is -2.11. The number of hydrogen-bond donors (Lipinski definition) is 0. The first-order valence-electron chi connectivity index (χ1n) is 6.53. The monoisotopic (exact) mass is 266 g/mol. The van der Waals surface area contributed by atoms with E-state index in [1.807, 2.05) is 31.2 Å². The summed E-state index contributed by atoms with van der Waals surface area (Å²) in [6.45, 7) is 2.68. The second-order valence-electron chi connectivity index (χ2n) is 4.47. The third kappa shape index (κ3) is 2.18. The highest BCUT2D eigenvalue weighted by molar-refractivity contribution is 6.07. The fourth-order valence-electron chi connectivity index (χ4n) is 2.27. The second kappa shape index (κ2) is 5.21. The van der Waals surface area contributed by atoms with Crippen molar-refractivity contribution in [1.29, 1.82) is 0 Å². The Morgan fingerprint density at radius 3 is 2.90 bits per heavy atom. The number of nitrogens with zero attached hydrogens (tertiary/aromatic N) is 4. The van der Waals surface area contributed by atoms with Crippen LogP contribution < -0.4 is 0 Å². The molecule has 100 valence electrons. The molecule has 20 heavy (non-hydrogen) atoms. The number of pyridine rings is 1. The van der Waals surface area contributed by atoms with E-state index in [0.717, 1.165) is 10.9 Å². The molecule has 0 aliphatic carbocycles. The molecule has 0 amide bonds. The van der Waals surface area contributed by atoms with Crippen LogP contribution in [0.25, 0.3) is 10.9 Å². The van der Waals surface area contributed by atoms with Crippen LogP contribution >= 0.6 is 0 Å². The molecule has 0 N–H and O–H groups in total. The number of hydrogen-bond acceptors (Lipinski definition) is 4. The van der Waals surface area contributed by atoms with Crippen LogP contribution in [0.5, 0.6) is 0 Å². The van der Waals surface area contributed by atoms with E-state index in [0.29, 0.717) is 17.9 Å². The molecule has 0 fully saturated rings. The van der Waals surface area contributed by atoms with Crippen LogP contribution in [0.4, 0.5) is 0 Å². The summed E-state index contributed by atoms with van der Waals surface area (Å²) in [7, 11) is 0. The molecule has 2 heterocycles. The van der Waals surface area contributed by atoms with E-state index in [2.05, 4.69) is 15.1 Å². The zero-order valence-electron chi connectivity index (χ0n) is 11.2. The first kappa shape index (κ1) is 12.5. The van der Waals surface area contributed by atoms with Crippen molar-refractivity contribution in [3.63, 3.8) is 0 Å². The Hall–Kier alpha value is -2.56. The van der Waals surface area contributed by atoms with Gasteiger partial charge in [-0.25, -0.2) is 9.67 Å². The van der Waals surface area contributed by atoms with Gasteiger partial charge in [-0.15, -0.1) is 0 Å². The lowest BCUT2D eigenvalue weighted by Gasteiger charge is -2.05. The van der Waals surface area contributed by atoms with E-state index >= 15 is 0 Å². The summed E-state index contributed by atoms with van der Waals surface area (Å²) in [4.78, 5) is 20.9. The summed E-state index contributed by atoms with van der Waals surface area (Å²) in [6, 6.07) is 9.41. The Morgan fingerprint density at radius 2 is 2.05 bits per heavy atom. The van der Waals surface area contributed by atoms with Crippen LogP contribution in [0.2, 0.25) is 0 Å². The van der Waals surface area contributed by atoms with Gasteiger partial charge in [0, 0.05) is 23.7 Å². The average molecular weight is 266 g/mol. The topological polar surface area (TPSA) is 60.7 Å². The summed E-state index contributed by atoms with van der Waals surface area (Å²) in [6.07, 6.45) is 3.40. The minimum atomic E-state index is 0.0336. The number of para-hydroxylation sites is 1. The zero-order chi connectivity index (χ0) is 13.9. The quantitative estimate of drug-likeness (QED) is 0.680. The number of benzene rings is 1. The molecular weight excluding hydrogens is 252 g/mol. The third-order valence-corrected chi connectivity index (χ3v) is 3.26. The van der Waals surface area contributed by atoms with Gasteiger partial charge in [-0.05, 0) is 19.1 Å². The van der Waals surface area contributed by atoms with Crippen molar-refractivity contribution < 1.29 is 4.79 Å². The van der Waals surface area contributed by atoms with Crippen LogP contribution in [0.3, 0.4) is 0 Å². The van der Waals surface area contributed by atoms with E-state index in [1.54, 1.807) is 16.9 Å². The Labute approximate surface area is 116 Å². The van der Waals surface area contributed by atoms with Gasteiger partial charge >= 0.3 is 0 Å². The first-order chi connectivity index (χ1) is 9.79. The second-order valence-corrected chi connectivity index (χ2v) is 4.47. The van der Waals surface area contributed by atoms with Crippen molar-refractivity contribution in [3.05, 3.63) is 54.2 Å². The van der Waals surface area contributed by atoms with Crippen molar-refractivity contribution in [2.75, 3.05) is 0 Å². The van der Waals surface area contributed by atoms with Gasteiger partial charge in [0.15, 0.2) is 5.78 Å². The van der Waals surface area contributed by atoms with E-state index < -0.39 is 0 Å². The number of carbonyl (C=O) groups is 1. The molecule has 0 spiro atoms. The van der Waals surface area contributed by atoms with E-state index in [1.165, 1.54) is 6.33 Å². The molecule has 0 radical (unpaired) electrons. The molecule has 2 aromatic heterocycles. The van der Waals surface area contributed by atoms with E-state index in [-0.39, 0.29) is 12.2 Å². The van der Waals surface area contributed by atoms with E-state index in [9.17, 15) is 4.79 Å². The largest absolute Gasteiger partial charge is 0.294 e. The lowest BCUT2D eigenvalue weighted by atomic mass is 10.0. The van der Waals surface area contributed by atoms with Crippen molar-refractivity contribution in [2.24, 2.45) is 0 Å². The van der Waals surface area contributed by atoms with Gasteiger partial charge in [0.05, 0.1) is 11.9 Å². The molecule has 0 aliphatic rings. The number of rotatable bonds is 4. The fourth-order valence-corrected chi connectivity index (χ4v) is 2.27. The Morgan fingerprint density at radius 1 is 1.20 bits per heavy atom.